The Kier molecular flexibility index (Phi) is 7.72. The molecular weight excluding hydrogens is 827 g/mol. The van der Waals surface area contributed by atoms with Gasteiger partial charge in [-0.3, -0.25) is 0 Å². The van der Waals surface area contributed by atoms with E-state index in [2.05, 4.69) is 234 Å². The van der Waals surface area contributed by atoms with Gasteiger partial charge >= 0.3 is 0 Å². The van der Waals surface area contributed by atoms with Gasteiger partial charge in [0, 0.05) is 55.0 Å². The summed E-state index contributed by atoms with van der Waals surface area (Å²) in [5.74, 6) is 1.88. The van der Waals surface area contributed by atoms with E-state index in [1.54, 1.807) is 0 Å². The second kappa shape index (κ2) is 14.2. The lowest BCUT2D eigenvalue weighted by molar-refractivity contribution is 1.07. The van der Waals surface area contributed by atoms with E-state index in [1.165, 1.54) is 76.7 Å². The average molecular weight is 864 g/mol. The van der Waals surface area contributed by atoms with Gasteiger partial charge in [-0.1, -0.05) is 176 Å². The van der Waals surface area contributed by atoms with E-state index in [0.717, 1.165) is 49.6 Å². The lowest BCUT2D eigenvalue weighted by Crippen LogP contribution is -2.01. The lowest BCUT2D eigenvalue weighted by Gasteiger charge is -2.14. The van der Waals surface area contributed by atoms with Gasteiger partial charge in [0.2, 0.25) is 0 Å². The second-order valence-corrected chi connectivity index (χ2v) is 17.9. The zero-order valence-electron chi connectivity index (χ0n) is 36.6. The summed E-state index contributed by atoms with van der Waals surface area (Å²) in [6.45, 7) is 0. The zero-order valence-corrected chi connectivity index (χ0v) is 36.6. The number of hydrogen-bond acceptors (Lipinski definition) is 3. The largest absolute Gasteiger partial charge is 0.309 e. The highest BCUT2D eigenvalue weighted by atomic mass is 15.0. The molecule has 0 spiro atoms. The third kappa shape index (κ3) is 5.35. The molecule has 0 aliphatic carbocycles. The van der Waals surface area contributed by atoms with Crippen LogP contribution in [0.4, 0.5) is 0 Å². The maximum atomic E-state index is 5.38. The lowest BCUT2D eigenvalue weighted by atomic mass is 9.94. The molecule has 68 heavy (non-hydrogen) atoms. The van der Waals surface area contributed by atoms with Crippen LogP contribution in [0.2, 0.25) is 0 Å². The first-order valence-electron chi connectivity index (χ1n) is 23.2. The van der Waals surface area contributed by atoms with Crippen LogP contribution >= 0.6 is 0 Å². The summed E-state index contributed by atoms with van der Waals surface area (Å²) in [6, 6.07) is 81.1. The fraction of sp³-hybridized carbons (Fsp3) is 0. The first kappa shape index (κ1) is 37.1. The van der Waals surface area contributed by atoms with Gasteiger partial charge in [-0.15, -0.1) is 0 Å². The molecule has 1 aliphatic heterocycles. The Hall–Kier alpha value is -9.19. The smallest absolute Gasteiger partial charge is 0.164 e. The van der Waals surface area contributed by atoms with Crippen LogP contribution in [0.25, 0.3) is 144 Å². The topological polar surface area (TPSA) is 48.5 Å². The molecule has 0 unspecified atom stereocenters. The Balaban J connectivity index is 0.969. The van der Waals surface area contributed by atoms with Crippen molar-refractivity contribution in [1.29, 1.82) is 0 Å². The maximum Gasteiger partial charge on any atom is 0.164 e. The number of fused-ring (bicyclic) bond motifs is 15. The van der Waals surface area contributed by atoms with Crippen LogP contribution in [-0.2, 0) is 0 Å². The molecule has 0 amide bonds. The van der Waals surface area contributed by atoms with Crippen molar-refractivity contribution in [1.82, 2.24) is 24.1 Å². The van der Waals surface area contributed by atoms with Gasteiger partial charge in [-0.05, 0) is 92.0 Å². The van der Waals surface area contributed by atoms with E-state index in [1.807, 2.05) is 0 Å². The van der Waals surface area contributed by atoms with Crippen molar-refractivity contribution in [3.63, 3.8) is 0 Å². The number of nitrogens with zero attached hydrogens (tertiary/aromatic N) is 5. The number of para-hydroxylation sites is 3. The van der Waals surface area contributed by atoms with Crippen molar-refractivity contribution in [3.8, 4) is 67.8 Å². The standard InChI is InChI=1S/C63H37N5/c1-2-16-39-33-42(32-31-38(39)15-1)62-64-61(65-63(66-62)55-35-40-17-3-4-20-44(40)45-21-5-8-24-48(45)55)41-18-13-19-43(34-41)67-56-29-11-10-26-50(56)53-36-59-54(37-58(53)67)52-28-14-27-51-47-23-7-6-22-46(47)49-25-9-12-30-57(49)68(59)60(51)52/h1-37H. The predicted molar refractivity (Wildman–Crippen MR) is 282 cm³/mol. The Labute approximate surface area is 390 Å². The normalized spacial score (nSPS) is 12.1. The molecule has 0 atom stereocenters. The van der Waals surface area contributed by atoms with Crippen molar-refractivity contribution in [3.05, 3.63) is 224 Å². The molecule has 0 saturated carbocycles. The van der Waals surface area contributed by atoms with Gasteiger partial charge in [0.1, 0.15) is 0 Å². The van der Waals surface area contributed by atoms with Gasteiger partial charge in [0.25, 0.3) is 0 Å². The highest BCUT2D eigenvalue weighted by molar-refractivity contribution is 6.22. The van der Waals surface area contributed by atoms with E-state index in [4.69, 9.17) is 15.0 Å². The molecule has 1 aliphatic rings. The van der Waals surface area contributed by atoms with Crippen molar-refractivity contribution in [2.45, 2.75) is 0 Å². The summed E-state index contributed by atoms with van der Waals surface area (Å²) in [5, 5.41) is 11.8. The van der Waals surface area contributed by atoms with Crippen molar-refractivity contribution >= 4 is 75.9 Å². The molecule has 3 aromatic heterocycles. The first-order chi connectivity index (χ1) is 33.7. The summed E-state index contributed by atoms with van der Waals surface area (Å²) in [4.78, 5) is 16.0. The predicted octanol–water partition coefficient (Wildman–Crippen LogP) is 16.2. The number of rotatable bonds is 4. The van der Waals surface area contributed by atoms with Crippen molar-refractivity contribution in [2.24, 2.45) is 0 Å². The molecule has 15 rings (SSSR count). The molecule has 0 N–H and O–H groups in total. The summed E-state index contributed by atoms with van der Waals surface area (Å²) in [6.07, 6.45) is 0. The molecule has 0 bridgehead atoms. The summed E-state index contributed by atoms with van der Waals surface area (Å²) < 4.78 is 4.92. The van der Waals surface area contributed by atoms with Gasteiger partial charge in [0.05, 0.1) is 27.8 Å². The van der Waals surface area contributed by atoms with E-state index in [9.17, 15) is 0 Å². The Morgan fingerprint density at radius 1 is 0.265 bits per heavy atom. The van der Waals surface area contributed by atoms with E-state index >= 15 is 0 Å². The van der Waals surface area contributed by atoms with Crippen LogP contribution in [0.1, 0.15) is 0 Å². The van der Waals surface area contributed by atoms with Crippen molar-refractivity contribution in [2.75, 3.05) is 0 Å². The molecule has 14 aromatic rings. The Morgan fingerprint density at radius 2 is 0.838 bits per heavy atom. The Morgan fingerprint density at radius 3 is 1.68 bits per heavy atom. The summed E-state index contributed by atoms with van der Waals surface area (Å²) in [7, 11) is 0. The van der Waals surface area contributed by atoms with Crippen LogP contribution in [0, 0.1) is 0 Å². The average Bonchev–Trinajstić information content (AvgIpc) is 3.87. The van der Waals surface area contributed by atoms with Crippen LogP contribution in [0.15, 0.2) is 224 Å². The highest BCUT2D eigenvalue weighted by Gasteiger charge is 2.26. The van der Waals surface area contributed by atoms with E-state index in [0.29, 0.717) is 17.5 Å². The third-order valence-corrected chi connectivity index (χ3v) is 14.2. The fourth-order valence-corrected chi connectivity index (χ4v) is 11.2. The third-order valence-electron chi connectivity index (χ3n) is 14.2. The van der Waals surface area contributed by atoms with Crippen molar-refractivity contribution < 1.29 is 0 Å². The number of aromatic nitrogens is 5. The quantitative estimate of drug-likeness (QED) is 0.166. The molecule has 4 heterocycles. The first-order valence-corrected chi connectivity index (χ1v) is 23.2. The van der Waals surface area contributed by atoms with Crippen LogP contribution in [0.5, 0.6) is 0 Å². The molecular formula is C63H37N5. The summed E-state index contributed by atoms with van der Waals surface area (Å²) in [5.41, 5.74) is 14.7. The SMILES string of the molecule is c1cc(-c2nc(-c3ccc4ccccc4c3)nc(-c3cc4ccccc4c4ccccc34)n2)cc(-n2c3ccccc3c3cc4c(cc32)c2cccc3c2n4-c2ccccc2-c2ccccc2-3)c1. The van der Waals surface area contributed by atoms with Crippen LogP contribution in [0.3, 0.4) is 0 Å². The zero-order chi connectivity index (χ0) is 44.5. The summed E-state index contributed by atoms with van der Waals surface area (Å²) >= 11 is 0. The van der Waals surface area contributed by atoms with Gasteiger partial charge in [-0.25, -0.2) is 15.0 Å². The molecule has 0 radical (unpaired) electrons. The van der Waals surface area contributed by atoms with Gasteiger partial charge in [-0.2, -0.15) is 0 Å². The molecule has 5 heteroatoms. The monoisotopic (exact) mass is 863 g/mol. The minimum atomic E-state index is 0.615. The molecule has 11 aromatic carbocycles. The fourth-order valence-electron chi connectivity index (χ4n) is 11.2. The molecule has 0 saturated heterocycles. The molecule has 5 nitrogen and oxygen atoms in total. The van der Waals surface area contributed by atoms with Crippen LogP contribution < -0.4 is 0 Å². The van der Waals surface area contributed by atoms with Gasteiger partial charge < -0.3 is 9.13 Å². The minimum absolute atomic E-state index is 0.615. The molecule has 0 fully saturated rings. The minimum Gasteiger partial charge on any atom is -0.309 e. The maximum absolute atomic E-state index is 5.38. The number of benzene rings is 11. The van der Waals surface area contributed by atoms with E-state index in [-0.39, 0.29) is 0 Å². The highest BCUT2D eigenvalue weighted by Crippen LogP contribution is 2.48. The van der Waals surface area contributed by atoms with E-state index < -0.39 is 0 Å². The van der Waals surface area contributed by atoms with Gasteiger partial charge in [0.15, 0.2) is 17.5 Å². The number of hydrogen-bond donors (Lipinski definition) is 0. The second-order valence-electron chi connectivity index (χ2n) is 17.9. The molecule has 314 valence electrons. The Bertz CT molecular complexity index is 4460. The van der Waals surface area contributed by atoms with Crippen LogP contribution in [-0.4, -0.2) is 24.1 Å².